The van der Waals surface area contributed by atoms with Crippen LogP contribution in [0.2, 0.25) is 17.3 Å². The molecule has 0 N–H and O–H groups in total. The van der Waals surface area contributed by atoms with Crippen molar-refractivity contribution < 1.29 is 4.42 Å². The third-order valence-electron chi connectivity index (χ3n) is 6.45. The van der Waals surface area contributed by atoms with Crippen LogP contribution >= 0.6 is 0 Å². The number of fused-ring (bicyclic) bond motifs is 4. The third-order valence-corrected chi connectivity index (χ3v) is 10.9. The van der Waals surface area contributed by atoms with Crippen LogP contribution in [0.15, 0.2) is 65.2 Å². The van der Waals surface area contributed by atoms with E-state index in [1.165, 1.54) is 31.7 Å². The van der Waals surface area contributed by atoms with E-state index >= 15 is 0 Å². The SMILES string of the molecule is Cc1ccc2c(oc3ccnc(-c4cc(C(C)(C)C)c5ccccc5c4)c32)[c]1[Ge]([CH3])([CH3])[CH3]. The predicted molar refractivity (Wildman–Crippen MR) is 141 cm³/mol. The second-order valence-corrected chi connectivity index (χ2v) is 21.5. The van der Waals surface area contributed by atoms with Crippen LogP contribution in [-0.4, -0.2) is 18.3 Å². The fourth-order valence-corrected chi connectivity index (χ4v) is 9.58. The molecule has 0 radical (unpaired) electrons. The van der Waals surface area contributed by atoms with Gasteiger partial charge in [-0.15, -0.1) is 0 Å². The molecule has 2 aromatic heterocycles. The maximum atomic E-state index is 6.54. The summed E-state index contributed by atoms with van der Waals surface area (Å²) < 4.78 is 8.00. The Morgan fingerprint density at radius 3 is 2.34 bits per heavy atom. The van der Waals surface area contributed by atoms with Crippen molar-refractivity contribution in [2.75, 3.05) is 0 Å². The van der Waals surface area contributed by atoms with Gasteiger partial charge in [-0.2, -0.15) is 0 Å². The van der Waals surface area contributed by atoms with Crippen molar-refractivity contribution in [3.63, 3.8) is 0 Å². The molecule has 0 atom stereocenters. The van der Waals surface area contributed by atoms with Gasteiger partial charge in [0.1, 0.15) is 0 Å². The van der Waals surface area contributed by atoms with Gasteiger partial charge in [-0.25, -0.2) is 0 Å². The number of nitrogens with zero attached hydrogens (tertiary/aromatic N) is 1. The van der Waals surface area contributed by atoms with Gasteiger partial charge >= 0.3 is 193 Å². The van der Waals surface area contributed by atoms with Gasteiger partial charge in [0.25, 0.3) is 0 Å². The molecule has 0 saturated carbocycles. The minimum atomic E-state index is -2.14. The average molecular weight is 482 g/mol. The normalized spacial score (nSPS) is 12.8. The van der Waals surface area contributed by atoms with E-state index in [1.54, 1.807) is 0 Å². The van der Waals surface area contributed by atoms with Gasteiger partial charge in [0.2, 0.25) is 0 Å². The molecule has 2 heterocycles. The van der Waals surface area contributed by atoms with E-state index in [4.69, 9.17) is 9.40 Å². The van der Waals surface area contributed by atoms with E-state index in [2.05, 4.69) is 93.5 Å². The molecule has 3 heteroatoms. The van der Waals surface area contributed by atoms with E-state index in [1.807, 2.05) is 12.3 Å². The van der Waals surface area contributed by atoms with E-state index in [0.29, 0.717) is 0 Å². The molecule has 0 aliphatic rings. The number of furan rings is 1. The number of pyridine rings is 1. The van der Waals surface area contributed by atoms with Crippen molar-refractivity contribution >= 4 is 50.4 Å². The second kappa shape index (κ2) is 7.21. The van der Waals surface area contributed by atoms with Crippen LogP contribution in [0.25, 0.3) is 44.0 Å². The fraction of sp³-hybridized carbons (Fsp3) is 0.276. The molecule has 0 aliphatic carbocycles. The Balaban J connectivity index is 1.89. The molecule has 5 aromatic rings. The van der Waals surface area contributed by atoms with Gasteiger partial charge < -0.3 is 0 Å². The molecule has 0 saturated heterocycles. The Kier molecular flexibility index (Phi) is 4.79. The van der Waals surface area contributed by atoms with Crippen LogP contribution in [0, 0.1) is 6.92 Å². The topological polar surface area (TPSA) is 26.0 Å². The van der Waals surface area contributed by atoms with Gasteiger partial charge in [0, 0.05) is 0 Å². The first-order valence-corrected chi connectivity index (χ1v) is 18.7. The Hall–Kier alpha value is -2.59. The zero-order valence-electron chi connectivity index (χ0n) is 20.1. The van der Waals surface area contributed by atoms with Crippen molar-refractivity contribution in [3.05, 3.63) is 71.9 Å². The molecular formula is C29H31GeNO. The Morgan fingerprint density at radius 2 is 1.62 bits per heavy atom. The average Bonchev–Trinajstić information content (AvgIpc) is 3.09. The summed E-state index contributed by atoms with van der Waals surface area (Å²) in [5.41, 5.74) is 6.88. The van der Waals surface area contributed by atoms with E-state index < -0.39 is 13.3 Å². The number of hydrogen-bond donors (Lipinski definition) is 0. The molecule has 0 aliphatic heterocycles. The number of rotatable bonds is 2. The van der Waals surface area contributed by atoms with Crippen molar-refractivity contribution in [1.82, 2.24) is 4.98 Å². The summed E-state index contributed by atoms with van der Waals surface area (Å²) in [4.78, 5) is 4.90. The molecule has 0 spiro atoms. The number of aryl methyl sites for hydroxylation is 1. The van der Waals surface area contributed by atoms with E-state index in [-0.39, 0.29) is 5.41 Å². The first-order valence-electron chi connectivity index (χ1n) is 11.4. The maximum absolute atomic E-state index is 6.54. The standard InChI is InChI=1S/C29H31GeNO/c1-18-12-13-22-25-24(32-28(22)26(18)30(5,6)7)14-15-31-27(25)20-16-19-10-8-9-11-21(19)23(17-20)29(2,3)4/h8-17H,1-7H3. The van der Waals surface area contributed by atoms with Crippen LogP contribution in [-0.2, 0) is 5.41 Å². The van der Waals surface area contributed by atoms with Crippen molar-refractivity contribution in [1.29, 1.82) is 0 Å². The van der Waals surface area contributed by atoms with Gasteiger partial charge in [0.15, 0.2) is 0 Å². The quantitative estimate of drug-likeness (QED) is 0.239. The summed E-state index contributed by atoms with van der Waals surface area (Å²) in [7, 11) is 0. The summed E-state index contributed by atoms with van der Waals surface area (Å²) in [5, 5.41) is 4.88. The predicted octanol–water partition coefficient (Wildman–Crippen LogP) is 7.95. The Labute approximate surface area is 193 Å². The van der Waals surface area contributed by atoms with Gasteiger partial charge in [-0.3, -0.25) is 0 Å². The van der Waals surface area contributed by atoms with Crippen LogP contribution in [0.4, 0.5) is 0 Å². The first-order chi connectivity index (χ1) is 15.1. The van der Waals surface area contributed by atoms with Crippen molar-refractivity contribution in [2.45, 2.75) is 50.4 Å². The number of aromatic nitrogens is 1. The summed E-state index contributed by atoms with van der Waals surface area (Å²) in [6, 6.07) is 19.8. The molecule has 162 valence electrons. The summed E-state index contributed by atoms with van der Waals surface area (Å²) in [5.74, 6) is 7.31. The summed E-state index contributed by atoms with van der Waals surface area (Å²) >= 11 is -2.14. The van der Waals surface area contributed by atoms with Crippen LogP contribution in [0.5, 0.6) is 0 Å². The molecule has 0 bridgehead atoms. The Morgan fingerprint density at radius 1 is 0.875 bits per heavy atom. The Bertz CT molecular complexity index is 1500. The fourth-order valence-electron chi connectivity index (χ4n) is 5.10. The van der Waals surface area contributed by atoms with Crippen LogP contribution in [0.1, 0.15) is 31.9 Å². The first kappa shape index (κ1) is 21.3. The van der Waals surface area contributed by atoms with Gasteiger partial charge in [0.05, 0.1) is 0 Å². The van der Waals surface area contributed by atoms with Gasteiger partial charge in [-0.05, 0) is 0 Å². The summed E-state index contributed by atoms with van der Waals surface area (Å²) in [6.45, 7) is 9.07. The zero-order valence-corrected chi connectivity index (χ0v) is 22.2. The summed E-state index contributed by atoms with van der Waals surface area (Å²) in [6.07, 6.45) is 1.89. The molecule has 0 unspecified atom stereocenters. The number of benzene rings is 3. The second-order valence-electron chi connectivity index (χ2n) is 11.0. The molecular weight excluding hydrogens is 451 g/mol. The third kappa shape index (κ3) is 3.36. The van der Waals surface area contributed by atoms with Crippen LogP contribution in [0.3, 0.4) is 0 Å². The minimum absolute atomic E-state index is 0.0338. The van der Waals surface area contributed by atoms with E-state index in [9.17, 15) is 0 Å². The van der Waals surface area contributed by atoms with E-state index in [0.717, 1.165) is 27.8 Å². The molecule has 2 nitrogen and oxygen atoms in total. The molecule has 3 aromatic carbocycles. The van der Waals surface area contributed by atoms with Crippen molar-refractivity contribution in [3.8, 4) is 11.3 Å². The monoisotopic (exact) mass is 483 g/mol. The number of hydrogen-bond acceptors (Lipinski definition) is 2. The van der Waals surface area contributed by atoms with Crippen molar-refractivity contribution in [2.24, 2.45) is 0 Å². The molecule has 0 fully saturated rings. The molecule has 0 amide bonds. The zero-order chi connectivity index (χ0) is 22.8. The molecule has 5 rings (SSSR count). The van der Waals surface area contributed by atoms with Gasteiger partial charge in [-0.1, -0.05) is 0 Å². The van der Waals surface area contributed by atoms with Crippen LogP contribution < -0.4 is 4.40 Å². The molecule has 32 heavy (non-hydrogen) atoms.